The summed E-state index contributed by atoms with van der Waals surface area (Å²) in [5.74, 6) is 0.965. The number of nitrogens with zero attached hydrogens (tertiary/aromatic N) is 3. The van der Waals surface area contributed by atoms with Gasteiger partial charge in [0.05, 0.1) is 11.6 Å². The van der Waals surface area contributed by atoms with E-state index in [1.165, 1.54) is 0 Å². The minimum atomic E-state index is -0.309. The zero-order chi connectivity index (χ0) is 18.4. The molecule has 130 valence electrons. The predicted molar refractivity (Wildman–Crippen MR) is 99.5 cm³/mol. The van der Waals surface area contributed by atoms with E-state index < -0.39 is 0 Å². The largest absolute Gasteiger partial charge is 0.334 e. The number of benzene rings is 2. The molecule has 6 heteroatoms. The van der Waals surface area contributed by atoms with E-state index in [0.717, 1.165) is 23.5 Å². The molecule has 2 amide bonds. The monoisotopic (exact) mass is 345 g/mol. The van der Waals surface area contributed by atoms with Crippen LogP contribution in [-0.2, 0) is 13.1 Å². The number of hydrogen-bond donors (Lipinski definition) is 2. The van der Waals surface area contributed by atoms with Crippen LogP contribution in [0.5, 0.6) is 0 Å². The van der Waals surface area contributed by atoms with Gasteiger partial charge in [-0.2, -0.15) is 5.26 Å². The lowest BCUT2D eigenvalue weighted by atomic mass is 10.1. The number of carbonyl (C=O) groups is 1. The highest BCUT2D eigenvalue weighted by Gasteiger charge is 2.04. The molecule has 0 aliphatic heterocycles. The third-order valence-corrected chi connectivity index (χ3v) is 3.97. The Balaban J connectivity index is 1.57. The number of nitriles is 1. The van der Waals surface area contributed by atoms with Gasteiger partial charge in [0, 0.05) is 31.2 Å². The van der Waals surface area contributed by atoms with Gasteiger partial charge in [-0.25, -0.2) is 9.78 Å². The highest BCUT2D eigenvalue weighted by atomic mass is 16.2. The van der Waals surface area contributed by atoms with Crippen LogP contribution in [0.4, 0.5) is 10.5 Å². The summed E-state index contributed by atoms with van der Waals surface area (Å²) in [6.45, 7) is 3.13. The first-order valence-corrected chi connectivity index (χ1v) is 8.24. The molecule has 6 nitrogen and oxygen atoms in total. The molecule has 0 radical (unpaired) electrons. The minimum absolute atomic E-state index is 0.309. The molecule has 0 spiro atoms. The molecule has 0 aliphatic rings. The summed E-state index contributed by atoms with van der Waals surface area (Å²) in [4.78, 5) is 16.3. The number of nitrogens with one attached hydrogen (secondary N) is 2. The lowest BCUT2D eigenvalue weighted by molar-refractivity contribution is 0.251. The first-order valence-electron chi connectivity index (χ1n) is 8.24. The summed E-state index contributed by atoms with van der Waals surface area (Å²) in [7, 11) is 0. The maximum atomic E-state index is 12.1. The Morgan fingerprint density at radius 1 is 1.19 bits per heavy atom. The van der Waals surface area contributed by atoms with Gasteiger partial charge in [-0.1, -0.05) is 30.3 Å². The smallest absolute Gasteiger partial charge is 0.319 e. The number of hydrogen-bond acceptors (Lipinski definition) is 3. The number of amides is 2. The first-order chi connectivity index (χ1) is 12.6. The first kappa shape index (κ1) is 17.2. The second-order valence-corrected chi connectivity index (χ2v) is 5.92. The average Bonchev–Trinajstić information content (AvgIpc) is 3.05. The lowest BCUT2D eigenvalue weighted by Crippen LogP contribution is -2.28. The number of aryl methyl sites for hydroxylation is 1. The van der Waals surface area contributed by atoms with Gasteiger partial charge in [0.1, 0.15) is 5.82 Å². The maximum absolute atomic E-state index is 12.1. The van der Waals surface area contributed by atoms with Crippen molar-refractivity contribution in [1.82, 2.24) is 14.9 Å². The third-order valence-electron chi connectivity index (χ3n) is 3.97. The van der Waals surface area contributed by atoms with E-state index in [2.05, 4.69) is 32.3 Å². The van der Waals surface area contributed by atoms with Crippen molar-refractivity contribution in [3.63, 3.8) is 0 Å². The van der Waals surface area contributed by atoms with Crippen molar-refractivity contribution in [1.29, 1.82) is 5.26 Å². The van der Waals surface area contributed by atoms with E-state index in [9.17, 15) is 4.79 Å². The van der Waals surface area contributed by atoms with Crippen molar-refractivity contribution in [3.05, 3.63) is 83.4 Å². The summed E-state index contributed by atoms with van der Waals surface area (Å²) in [6.07, 6.45) is 3.73. The predicted octanol–water partition coefficient (Wildman–Crippen LogP) is 3.43. The van der Waals surface area contributed by atoms with E-state index in [1.807, 2.05) is 31.3 Å². The fourth-order valence-electron chi connectivity index (χ4n) is 2.63. The zero-order valence-corrected chi connectivity index (χ0v) is 14.4. The van der Waals surface area contributed by atoms with E-state index in [-0.39, 0.29) is 6.03 Å². The van der Waals surface area contributed by atoms with E-state index in [1.54, 1.807) is 30.5 Å². The molecule has 2 N–H and O–H groups in total. The van der Waals surface area contributed by atoms with Crippen LogP contribution in [0.25, 0.3) is 0 Å². The topological polar surface area (TPSA) is 82.7 Å². The average molecular weight is 345 g/mol. The molecule has 26 heavy (non-hydrogen) atoms. The molecule has 0 aliphatic carbocycles. The van der Waals surface area contributed by atoms with Gasteiger partial charge in [-0.15, -0.1) is 0 Å². The Bertz CT molecular complexity index is 955. The van der Waals surface area contributed by atoms with Crippen LogP contribution in [0.15, 0.2) is 60.9 Å². The number of anilines is 1. The molecular weight excluding hydrogens is 326 g/mol. The molecule has 2 aromatic carbocycles. The molecule has 0 saturated heterocycles. The normalized spacial score (nSPS) is 10.2. The fourth-order valence-corrected chi connectivity index (χ4v) is 2.63. The number of imidazole rings is 1. The quantitative estimate of drug-likeness (QED) is 0.743. The van der Waals surface area contributed by atoms with Crippen LogP contribution >= 0.6 is 0 Å². The highest BCUT2D eigenvalue weighted by Crippen LogP contribution is 2.11. The third kappa shape index (κ3) is 4.48. The van der Waals surface area contributed by atoms with Crippen molar-refractivity contribution in [3.8, 4) is 6.07 Å². The molecule has 0 atom stereocenters. The molecule has 0 fully saturated rings. The van der Waals surface area contributed by atoms with Gasteiger partial charge in [0.2, 0.25) is 0 Å². The number of urea groups is 1. The molecule has 1 heterocycles. The van der Waals surface area contributed by atoms with Crippen molar-refractivity contribution < 1.29 is 4.79 Å². The van der Waals surface area contributed by atoms with Crippen LogP contribution in [0, 0.1) is 18.3 Å². The Morgan fingerprint density at radius 3 is 2.77 bits per heavy atom. The Labute approximate surface area is 152 Å². The van der Waals surface area contributed by atoms with Gasteiger partial charge >= 0.3 is 6.03 Å². The van der Waals surface area contributed by atoms with Gasteiger partial charge in [-0.05, 0) is 36.2 Å². The number of carbonyl (C=O) groups excluding carboxylic acids is 1. The fraction of sp³-hybridized carbons (Fsp3) is 0.150. The Kier molecular flexibility index (Phi) is 5.30. The second-order valence-electron chi connectivity index (χ2n) is 5.92. The van der Waals surface area contributed by atoms with Crippen molar-refractivity contribution in [2.45, 2.75) is 20.0 Å². The van der Waals surface area contributed by atoms with Crippen molar-refractivity contribution >= 4 is 11.7 Å². The van der Waals surface area contributed by atoms with Crippen LogP contribution in [-0.4, -0.2) is 15.6 Å². The second kappa shape index (κ2) is 7.99. The SMILES string of the molecule is Cc1nccn1Cc1cccc(CNC(=O)Nc2cccc(C#N)c2)c1. The van der Waals surface area contributed by atoms with Gasteiger partial charge in [0.15, 0.2) is 0 Å². The molecule has 0 unspecified atom stereocenters. The van der Waals surface area contributed by atoms with Crippen LogP contribution in [0.3, 0.4) is 0 Å². The molecule has 3 rings (SSSR count). The number of rotatable bonds is 5. The zero-order valence-electron chi connectivity index (χ0n) is 14.4. The van der Waals surface area contributed by atoms with Crippen LogP contribution in [0.1, 0.15) is 22.5 Å². The summed E-state index contributed by atoms with van der Waals surface area (Å²) in [6, 6.07) is 16.6. The lowest BCUT2D eigenvalue weighted by Gasteiger charge is -2.10. The van der Waals surface area contributed by atoms with Gasteiger partial charge in [-0.3, -0.25) is 0 Å². The Hall–Kier alpha value is -3.59. The standard InChI is InChI=1S/C20H19N5O/c1-15-22-8-9-25(15)14-18-6-2-5-17(10-18)13-23-20(26)24-19-7-3-4-16(11-19)12-21/h2-11H,13-14H2,1H3,(H2,23,24,26). The number of aromatic nitrogens is 2. The van der Waals surface area contributed by atoms with Gasteiger partial charge < -0.3 is 15.2 Å². The molecule has 1 aromatic heterocycles. The van der Waals surface area contributed by atoms with E-state index >= 15 is 0 Å². The summed E-state index contributed by atoms with van der Waals surface area (Å²) < 4.78 is 2.07. The van der Waals surface area contributed by atoms with Crippen molar-refractivity contribution in [2.75, 3.05) is 5.32 Å². The maximum Gasteiger partial charge on any atom is 0.319 e. The van der Waals surface area contributed by atoms with E-state index in [0.29, 0.717) is 17.8 Å². The van der Waals surface area contributed by atoms with Crippen LogP contribution in [0.2, 0.25) is 0 Å². The summed E-state index contributed by atoms with van der Waals surface area (Å²) in [5.41, 5.74) is 3.25. The molecule has 0 bridgehead atoms. The van der Waals surface area contributed by atoms with E-state index in [4.69, 9.17) is 5.26 Å². The Morgan fingerprint density at radius 2 is 2.00 bits per heavy atom. The molecule has 3 aromatic rings. The molecule has 0 saturated carbocycles. The van der Waals surface area contributed by atoms with Crippen LogP contribution < -0.4 is 10.6 Å². The minimum Gasteiger partial charge on any atom is -0.334 e. The van der Waals surface area contributed by atoms with Gasteiger partial charge in [0.25, 0.3) is 0 Å². The van der Waals surface area contributed by atoms with Crippen molar-refractivity contribution in [2.24, 2.45) is 0 Å². The summed E-state index contributed by atoms with van der Waals surface area (Å²) >= 11 is 0. The summed E-state index contributed by atoms with van der Waals surface area (Å²) in [5, 5.41) is 14.5. The molecular formula is C20H19N5O. The highest BCUT2D eigenvalue weighted by molar-refractivity contribution is 5.89.